The molecule has 0 saturated carbocycles. The van der Waals surface area contributed by atoms with Gasteiger partial charge >= 0.3 is 0 Å². The third-order valence-electron chi connectivity index (χ3n) is 4.31. The quantitative estimate of drug-likeness (QED) is 0.766. The van der Waals surface area contributed by atoms with Crippen molar-refractivity contribution in [3.63, 3.8) is 0 Å². The molecule has 24 heavy (non-hydrogen) atoms. The van der Waals surface area contributed by atoms with Crippen LogP contribution in [0, 0.1) is 5.92 Å². The molecular weight excluding hydrogens is 330 g/mol. The van der Waals surface area contributed by atoms with E-state index in [1.807, 2.05) is 0 Å². The molecule has 0 amide bonds. The summed E-state index contributed by atoms with van der Waals surface area (Å²) in [5.74, 6) is 0.317. The molecule has 1 saturated heterocycles. The molecule has 1 aliphatic heterocycles. The third-order valence-corrected chi connectivity index (χ3v) is 5.76. The second-order valence-corrected chi connectivity index (χ2v) is 7.85. The third kappa shape index (κ3) is 3.75. The standard InChI is InChI=1S/C15H23N5O3S/c1-19-17-13-4-3-5-14(15(13)18-19)24(21,22)16-10-12-6-7-20(11-12)8-9-23-2/h3-5,12,16H,6-11H2,1-2H3/t12-/m1/s1. The smallest absolute Gasteiger partial charge is 0.242 e. The van der Waals surface area contributed by atoms with Gasteiger partial charge in [0.1, 0.15) is 15.9 Å². The Balaban J connectivity index is 1.66. The number of hydrogen-bond donors (Lipinski definition) is 1. The lowest BCUT2D eigenvalue weighted by atomic mass is 10.1. The number of fused-ring (bicyclic) bond motifs is 1. The zero-order valence-corrected chi connectivity index (χ0v) is 14.8. The van der Waals surface area contributed by atoms with E-state index in [2.05, 4.69) is 19.8 Å². The van der Waals surface area contributed by atoms with Crippen molar-refractivity contribution in [1.29, 1.82) is 0 Å². The van der Waals surface area contributed by atoms with Gasteiger partial charge in [0, 0.05) is 33.8 Å². The van der Waals surface area contributed by atoms with E-state index in [-0.39, 0.29) is 4.90 Å². The van der Waals surface area contributed by atoms with Crippen LogP contribution in [0.2, 0.25) is 0 Å². The molecule has 2 heterocycles. The molecule has 0 unspecified atom stereocenters. The van der Waals surface area contributed by atoms with Crippen LogP contribution in [-0.2, 0) is 21.8 Å². The topological polar surface area (TPSA) is 89.4 Å². The van der Waals surface area contributed by atoms with Gasteiger partial charge in [-0.25, -0.2) is 13.1 Å². The zero-order chi connectivity index (χ0) is 17.2. The number of nitrogens with one attached hydrogen (secondary N) is 1. The Morgan fingerprint density at radius 3 is 3.00 bits per heavy atom. The molecule has 1 aliphatic rings. The van der Waals surface area contributed by atoms with E-state index in [0.717, 1.165) is 26.1 Å². The summed E-state index contributed by atoms with van der Waals surface area (Å²) in [5, 5.41) is 8.33. The summed E-state index contributed by atoms with van der Waals surface area (Å²) in [5.41, 5.74) is 0.979. The normalized spacial score (nSPS) is 19.3. The van der Waals surface area contributed by atoms with Crippen molar-refractivity contribution in [1.82, 2.24) is 24.6 Å². The lowest BCUT2D eigenvalue weighted by Gasteiger charge is -2.15. The first-order valence-electron chi connectivity index (χ1n) is 8.00. The van der Waals surface area contributed by atoms with Crippen LogP contribution >= 0.6 is 0 Å². The predicted octanol–water partition coefficient (Wildman–Crippen LogP) is 0.215. The number of aromatic nitrogens is 3. The number of methoxy groups -OCH3 is 1. The molecule has 1 N–H and O–H groups in total. The Hall–Kier alpha value is -1.55. The van der Waals surface area contributed by atoms with Crippen LogP contribution in [0.4, 0.5) is 0 Å². The molecule has 1 atom stereocenters. The molecule has 1 aromatic carbocycles. The second kappa shape index (κ2) is 7.14. The van der Waals surface area contributed by atoms with Crippen LogP contribution in [0.3, 0.4) is 0 Å². The van der Waals surface area contributed by atoms with Crippen molar-refractivity contribution in [2.75, 3.05) is 39.9 Å². The first-order chi connectivity index (χ1) is 11.5. The van der Waals surface area contributed by atoms with Gasteiger partial charge in [-0.1, -0.05) is 6.07 Å². The fourth-order valence-electron chi connectivity index (χ4n) is 3.04. The molecule has 3 rings (SSSR count). The van der Waals surface area contributed by atoms with Gasteiger partial charge in [0.05, 0.1) is 6.61 Å². The minimum atomic E-state index is -3.60. The molecule has 2 aromatic rings. The highest BCUT2D eigenvalue weighted by atomic mass is 32.2. The van der Waals surface area contributed by atoms with Gasteiger partial charge in [-0.3, -0.25) is 0 Å². The van der Waals surface area contributed by atoms with Crippen LogP contribution in [0.5, 0.6) is 0 Å². The highest BCUT2D eigenvalue weighted by molar-refractivity contribution is 7.89. The highest BCUT2D eigenvalue weighted by Gasteiger charge is 2.25. The second-order valence-electron chi connectivity index (χ2n) is 6.11. The summed E-state index contributed by atoms with van der Waals surface area (Å²) in [6.07, 6.45) is 0.988. The van der Waals surface area contributed by atoms with Gasteiger partial charge in [-0.2, -0.15) is 15.0 Å². The Bertz CT molecular complexity index is 805. The SMILES string of the molecule is COCCN1CC[C@H](CNS(=O)(=O)c2cccc3nn(C)nc23)C1. The Morgan fingerprint density at radius 1 is 1.38 bits per heavy atom. The lowest BCUT2D eigenvalue weighted by Crippen LogP contribution is -2.32. The van der Waals surface area contributed by atoms with E-state index in [4.69, 9.17) is 4.74 Å². The fraction of sp³-hybridized carbons (Fsp3) is 0.600. The van der Waals surface area contributed by atoms with Gasteiger partial charge < -0.3 is 9.64 Å². The Labute approximate surface area is 141 Å². The summed E-state index contributed by atoms with van der Waals surface area (Å²) in [6, 6.07) is 5.01. The van der Waals surface area contributed by atoms with E-state index in [1.165, 1.54) is 4.80 Å². The van der Waals surface area contributed by atoms with Crippen molar-refractivity contribution in [3.8, 4) is 0 Å². The molecule has 8 nitrogen and oxygen atoms in total. The van der Waals surface area contributed by atoms with E-state index in [1.54, 1.807) is 32.4 Å². The first kappa shape index (κ1) is 17.3. The van der Waals surface area contributed by atoms with Gasteiger partial charge in [-0.15, -0.1) is 0 Å². The van der Waals surface area contributed by atoms with Crippen LogP contribution in [-0.4, -0.2) is 68.2 Å². The number of likely N-dealkylation sites (tertiary alicyclic amines) is 1. The first-order valence-corrected chi connectivity index (χ1v) is 9.49. The van der Waals surface area contributed by atoms with Crippen molar-refractivity contribution in [2.45, 2.75) is 11.3 Å². The van der Waals surface area contributed by atoms with E-state index in [0.29, 0.717) is 30.1 Å². The van der Waals surface area contributed by atoms with Crippen LogP contribution < -0.4 is 4.72 Å². The molecule has 1 aromatic heterocycles. The summed E-state index contributed by atoms with van der Waals surface area (Å²) in [4.78, 5) is 3.86. The maximum Gasteiger partial charge on any atom is 0.242 e. The number of benzene rings is 1. The number of nitrogens with zero attached hydrogens (tertiary/aromatic N) is 4. The largest absolute Gasteiger partial charge is 0.383 e. The van der Waals surface area contributed by atoms with Gasteiger partial charge in [0.2, 0.25) is 10.0 Å². The lowest BCUT2D eigenvalue weighted by molar-refractivity contribution is 0.159. The van der Waals surface area contributed by atoms with Crippen molar-refractivity contribution < 1.29 is 13.2 Å². The maximum absolute atomic E-state index is 12.6. The van der Waals surface area contributed by atoms with E-state index < -0.39 is 10.0 Å². The number of rotatable bonds is 7. The monoisotopic (exact) mass is 353 g/mol. The summed E-state index contributed by atoms with van der Waals surface area (Å²) >= 11 is 0. The number of ether oxygens (including phenoxy) is 1. The van der Waals surface area contributed by atoms with Gasteiger partial charge in [-0.05, 0) is 31.0 Å². The molecule has 0 spiro atoms. The van der Waals surface area contributed by atoms with Gasteiger partial charge in [0.25, 0.3) is 0 Å². The van der Waals surface area contributed by atoms with Crippen LogP contribution in [0.1, 0.15) is 6.42 Å². The summed E-state index contributed by atoms with van der Waals surface area (Å²) in [7, 11) is -0.238. The molecule has 0 radical (unpaired) electrons. The van der Waals surface area contributed by atoms with E-state index in [9.17, 15) is 8.42 Å². The molecule has 132 valence electrons. The molecular formula is C15H23N5O3S. The van der Waals surface area contributed by atoms with Crippen molar-refractivity contribution in [2.24, 2.45) is 13.0 Å². The van der Waals surface area contributed by atoms with Crippen LogP contribution in [0.15, 0.2) is 23.1 Å². The minimum absolute atomic E-state index is 0.183. The minimum Gasteiger partial charge on any atom is -0.383 e. The average Bonchev–Trinajstić information content (AvgIpc) is 3.15. The average molecular weight is 353 g/mol. The van der Waals surface area contributed by atoms with Crippen molar-refractivity contribution in [3.05, 3.63) is 18.2 Å². The fourth-order valence-corrected chi connectivity index (χ4v) is 4.31. The highest BCUT2D eigenvalue weighted by Crippen LogP contribution is 2.20. The van der Waals surface area contributed by atoms with Gasteiger partial charge in [0.15, 0.2) is 0 Å². The zero-order valence-electron chi connectivity index (χ0n) is 14.0. The number of hydrogen-bond acceptors (Lipinski definition) is 6. The molecule has 1 fully saturated rings. The summed E-state index contributed by atoms with van der Waals surface area (Å²) in [6.45, 7) is 3.89. The number of aryl methyl sites for hydroxylation is 1. The van der Waals surface area contributed by atoms with E-state index >= 15 is 0 Å². The predicted molar refractivity (Wildman–Crippen MR) is 90.1 cm³/mol. The molecule has 0 bridgehead atoms. The van der Waals surface area contributed by atoms with Crippen molar-refractivity contribution >= 4 is 21.1 Å². The van der Waals surface area contributed by atoms with Crippen LogP contribution in [0.25, 0.3) is 11.0 Å². The maximum atomic E-state index is 12.6. The Kier molecular flexibility index (Phi) is 5.14. The molecule has 0 aliphatic carbocycles. The number of sulfonamides is 1. The molecule has 9 heteroatoms. The Morgan fingerprint density at radius 2 is 2.21 bits per heavy atom. The summed E-state index contributed by atoms with van der Waals surface area (Å²) < 4.78 is 33.1.